The van der Waals surface area contributed by atoms with Crippen molar-refractivity contribution in [2.75, 3.05) is 26.2 Å². The maximum atomic E-state index is 10.5. The molecule has 150 valence electrons. The minimum atomic E-state index is -0.698. The van der Waals surface area contributed by atoms with Crippen LogP contribution in [0.3, 0.4) is 0 Å². The first-order chi connectivity index (χ1) is 13.6. The van der Waals surface area contributed by atoms with Gasteiger partial charge in [0, 0.05) is 13.1 Å². The molecule has 0 spiro atoms. The Balaban J connectivity index is 1.77. The number of hydrogen-bond donors (Lipinski definition) is 2. The van der Waals surface area contributed by atoms with Crippen molar-refractivity contribution in [2.24, 2.45) is 0 Å². The van der Waals surface area contributed by atoms with Crippen molar-refractivity contribution in [3.8, 4) is 5.75 Å². The number of benzene rings is 2. The molecule has 1 aromatic heterocycles. The molecule has 0 saturated carbocycles. The maximum Gasteiger partial charge on any atom is 0.203 e. The topological polar surface area (TPSA) is 66.4 Å². The highest BCUT2D eigenvalue weighted by Crippen LogP contribution is 2.14. The van der Waals surface area contributed by atoms with Crippen LogP contribution in [0.4, 0.5) is 0 Å². The van der Waals surface area contributed by atoms with Crippen molar-refractivity contribution in [3.63, 3.8) is 0 Å². The van der Waals surface area contributed by atoms with Crippen LogP contribution in [0, 0.1) is 5.41 Å². The minimum Gasteiger partial charge on any atom is -0.491 e. The summed E-state index contributed by atoms with van der Waals surface area (Å²) in [6, 6.07) is 17.5. The highest BCUT2D eigenvalue weighted by Gasteiger charge is 2.15. The van der Waals surface area contributed by atoms with Gasteiger partial charge in [-0.15, -0.1) is 0 Å². The molecule has 6 heteroatoms. The first-order valence-electron chi connectivity index (χ1n) is 9.95. The van der Waals surface area contributed by atoms with Crippen LogP contribution < -0.4 is 10.4 Å². The molecule has 3 rings (SSSR count). The third-order valence-corrected chi connectivity index (χ3v) is 5.09. The molecule has 0 radical (unpaired) electrons. The Morgan fingerprint density at radius 1 is 0.964 bits per heavy atom. The van der Waals surface area contributed by atoms with Crippen LogP contribution in [-0.2, 0) is 13.1 Å². The Morgan fingerprint density at radius 2 is 1.57 bits per heavy atom. The second kappa shape index (κ2) is 9.57. The summed E-state index contributed by atoms with van der Waals surface area (Å²) < 4.78 is 9.57. The van der Waals surface area contributed by atoms with Crippen molar-refractivity contribution in [3.05, 3.63) is 60.2 Å². The van der Waals surface area contributed by atoms with Crippen molar-refractivity contribution in [1.82, 2.24) is 14.0 Å². The number of nitrogens with zero attached hydrogens (tertiary/aromatic N) is 3. The van der Waals surface area contributed by atoms with E-state index in [2.05, 4.69) is 18.7 Å². The summed E-state index contributed by atoms with van der Waals surface area (Å²) in [5.41, 5.74) is 2.40. The monoisotopic (exact) mass is 382 g/mol. The fourth-order valence-electron chi connectivity index (χ4n) is 3.46. The van der Waals surface area contributed by atoms with E-state index in [-0.39, 0.29) is 6.61 Å². The quantitative estimate of drug-likeness (QED) is 0.567. The second-order valence-electron chi connectivity index (χ2n) is 6.88. The van der Waals surface area contributed by atoms with Crippen LogP contribution in [0.15, 0.2) is 54.6 Å². The van der Waals surface area contributed by atoms with E-state index >= 15 is 0 Å². The lowest BCUT2D eigenvalue weighted by Gasteiger charge is -2.18. The third kappa shape index (κ3) is 4.64. The van der Waals surface area contributed by atoms with E-state index < -0.39 is 6.10 Å². The minimum absolute atomic E-state index is 0.190. The van der Waals surface area contributed by atoms with Gasteiger partial charge in [0.2, 0.25) is 5.62 Å². The first-order valence-corrected chi connectivity index (χ1v) is 9.95. The summed E-state index contributed by atoms with van der Waals surface area (Å²) in [4.78, 5) is 2.35. The van der Waals surface area contributed by atoms with Gasteiger partial charge in [0.05, 0.1) is 17.6 Å². The molecule has 0 unspecified atom stereocenters. The summed E-state index contributed by atoms with van der Waals surface area (Å²) >= 11 is 0. The summed E-state index contributed by atoms with van der Waals surface area (Å²) in [6.45, 7) is 8.48. The smallest absolute Gasteiger partial charge is 0.203 e. The number of aliphatic hydroxyl groups is 1. The maximum absolute atomic E-state index is 10.5. The number of hydrogen-bond acceptors (Lipinski definition) is 4. The van der Waals surface area contributed by atoms with Gasteiger partial charge in [-0.3, -0.25) is 5.41 Å². The molecule has 2 N–H and O–H groups in total. The van der Waals surface area contributed by atoms with Gasteiger partial charge in [0.25, 0.3) is 0 Å². The number of imidazole rings is 1. The molecular weight excluding hydrogens is 352 g/mol. The molecule has 0 saturated heterocycles. The van der Waals surface area contributed by atoms with Gasteiger partial charge in [-0.25, -0.2) is 0 Å². The van der Waals surface area contributed by atoms with Gasteiger partial charge in [-0.05, 0) is 37.4 Å². The lowest BCUT2D eigenvalue weighted by Crippen LogP contribution is -2.34. The van der Waals surface area contributed by atoms with Gasteiger partial charge in [0.1, 0.15) is 18.5 Å². The average Bonchev–Trinajstić information content (AvgIpc) is 2.99. The van der Waals surface area contributed by atoms with Crippen LogP contribution in [-0.4, -0.2) is 51.5 Å². The number of para-hydroxylation sites is 3. The van der Waals surface area contributed by atoms with E-state index in [1.807, 2.05) is 63.7 Å². The molecule has 0 fully saturated rings. The molecule has 0 aliphatic heterocycles. The summed E-state index contributed by atoms with van der Waals surface area (Å²) in [5.74, 6) is 0.735. The molecule has 1 atom stereocenters. The zero-order valence-electron chi connectivity index (χ0n) is 16.7. The molecule has 6 nitrogen and oxygen atoms in total. The normalized spacial score (nSPS) is 12.6. The zero-order chi connectivity index (χ0) is 19.9. The summed E-state index contributed by atoms with van der Waals surface area (Å²) in [7, 11) is 0. The lowest BCUT2D eigenvalue weighted by atomic mass is 10.3. The predicted octanol–water partition coefficient (Wildman–Crippen LogP) is 2.70. The van der Waals surface area contributed by atoms with Crippen molar-refractivity contribution < 1.29 is 9.84 Å². The van der Waals surface area contributed by atoms with Gasteiger partial charge in [-0.1, -0.05) is 44.2 Å². The number of aromatic nitrogens is 2. The van der Waals surface area contributed by atoms with Crippen LogP contribution in [0.1, 0.15) is 13.8 Å². The second-order valence-corrected chi connectivity index (χ2v) is 6.88. The van der Waals surface area contributed by atoms with Crippen LogP contribution in [0.25, 0.3) is 11.0 Å². The van der Waals surface area contributed by atoms with Crippen molar-refractivity contribution >= 4 is 11.0 Å². The first kappa shape index (κ1) is 20.2. The SMILES string of the molecule is CCN(CC)CCn1c(=N)n(C[C@H](O)COc2ccccc2)c2ccccc21. The summed E-state index contributed by atoms with van der Waals surface area (Å²) in [5, 5.41) is 19.2. The molecule has 1 heterocycles. The predicted molar refractivity (Wildman–Crippen MR) is 112 cm³/mol. The molecule has 0 aliphatic rings. The summed E-state index contributed by atoms with van der Waals surface area (Å²) in [6.07, 6.45) is -0.698. The molecular formula is C22H30N4O2. The van der Waals surface area contributed by atoms with E-state index in [1.165, 1.54) is 0 Å². The fourth-order valence-corrected chi connectivity index (χ4v) is 3.46. The molecule has 2 aromatic carbocycles. The number of aliphatic hydroxyl groups excluding tert-OH is 1. The van der Waals surface area contributed by atoms with E-state index in [0.717, 1.165) is 43.0 Å². The lowest BCUT2D eigenvalue weighted by molar-refractivity contribution is 0.0920. The molecule has 3 aromatic rings. The number of likely N-dealkylation sites (N-methyl/N-ethyl adjacent to an activating group) is 1. The molecule has 0 aliphatic carbocycles. The third-order valence-electron chi connectivity index (χ3n) is 5.09. The highest BCUT2D eigenvalue weighted by atomic mass is 16.5. The van der Waals surface area contributed by atoms with Crippen LogP contribution >= 0.6 is 0 Å². The Labute approximate surface area is 166 Å². The van der Waals surface area contributed by atoms with Gasteiger partial charge < -0.3 is 23.9 Å². The Morgan fingerprint density at radius 3 is 2.21 bits per heavy atom. The van der Waals surface area contributed by atoms with Crippen LogP contribution in [0.5, 0.6) is 5.75 Å². The molecule has 0 amide bonds. The zero-order valence-corrected chi connectivity index (χ0v) is 16.7. The highest BCUT2D eigenvalue weighted by molar-refractivity contribution is 5.75. The Bertz CT molecular complexity index is 929. The number of rotatable bonds is 10. The number of nitrogens with one attached hydrogen (secondary N) is 1. The standard InChI is InChI=1S/C22H30N4O2/c1-3-24(4-2)14-15-25-20-12-8-9-13-21(20)26(22(25)23)16-18(27)17-28-19-10-6-5-7-11-19/h5-13,18,23,27H,3-4,14-17H2,1-2H3/t18-/m0/s1. The fraction of sp³-hybridized carbons (Fsp3) is 0.409. The Kier molecular flexibility index (Phi) is 6.90. The van der Waals surface area contributed by atoms with Gasteiger partial charge in [0.15, 0.2) is 0 Å². The molecule has 28 heavy (non-hydrogen) atoms. The van der Waals surface area contributed by atoms with Gasteiger partial charge in [-0.2, -0.15) is 0 Å². The van der Waals surface area contributed by atoms with E-state index in [0.29, 0.717) is 12.2 Å². The Hall–Kier alpha value is -2.57. The van der Waals surface area contributed by atoms with E-state index in [1.54, 1.807) is 0 Å². The van der Waals surface area contributed by atoms with Gasteiger partial charge >= 0.3 is 0 Å². The average molecular weight is 383 g/mol. The van der Waals surface area contributed by atoms with E-state index in [4.69, 9.17) is 10.1 Å². The molecule has 0 bridgehead atoms. The van der Waals surface area contributed by atoms with Crippen molar-refractivity contribution in [2.45, 2.75) is 33.0 Å². The van der Waals surface area contributed by atoms with Crippen molar-refractivity contribution in [1.29, 1.82) is 5.41 Å². The number of fused-ring (bicyclic) bond motifs is 1. The van der Waals surface area contributed by atoms with Crippen LogP contribution in [0.2, 0.25) is 0 Å². The number of ether oxygens (including phenoxy) is 1. The van der Waals surface area contributed by atoms with E-state index in [9.17, 15) is 5.11 Å². The largest absolute Gasteiger partial charge is 0.491 e.